The number of amides is 2. The second-order valence-corrected chi connectivity index (χ2v) is 9.37. The lowest BCUT2D eigenvalue weighted by Crippen LogP contribution is -2.36. The van der Waals surface area contributed by atoms with E-state index in [0.717, 1.165) is 75.9 Å². The second kappa shape index (κ2) is 11.7. The molecule has 2 aromatic rings. The number of benzene rings is 1. The van der Waals surface area contributed by atoms with Crippen LogP contribution >= 0.6 is 0 Å². The zero-order chi connectivity index (χ0) is 23.8. The topological polar surface area (TPSA) is 93.4 Å². The van der Waals surface area contributed by atoms with Crippen molar-refractivity contribution in [1.29, 1.82) is 0 Å². The van der Waals surface area contributed by atoms with Crippen molar-refractivity contribution in [2.45, 2.75) is 32.6 Å². The van der Waals surface area contributed by atoms with Crippen molar-refractivity contribution in [3.8, 4) is 0 Å². The van der Waals surface area contributed by atoms with Crippen LogP contribution in [0.1, 0.15) is 34.1 Å². The molecule has 2 saturated heterocycles. The van der Waals surface area contributed by atoms with E-state index in [0.29, 0.717) is 18.4 Å². The highest BCUT2D eigenvalue weighted by molar-refractivity contribution is 5.79. The quantitative estimate of drug-likeness (QED) is 0.587. The summed E-state index contributed by atoms with van der Waals surface area (Å²) < 4.78 is 0. The predicted molar refractivity (Wildman–Crippen MR) is 138 cm³/mol. The fourth-order valence-electron chi connectivity index (χ4n) is 5.00. The van der Waals surface area contributed by atoms with Gasteiger partial charge in [-0.15, -0.1) is 0 Å². The molecule has 3 aliphatic heterocycles. The number of rotatable bonds is 5. The number of dihydropyridines is 1. The standard InChI is InChI=1S/C18H28N4O2.C8H8N2.2H2/c23-14-20-12-15-5-10-22(13-15)18(24)16-2-1-9-21(11-6-16)17-3-7-19-8-4-17;1-6-2-3-7-8(4-6)10-5-9-7;;/h3-4,7,14-16,19H,1-2,5-6,8-13H2,(H,20,23);2-5H,1H3,(H,9,10);2*1H. The fourth-order valence-corrected chi connectivity index (χ4v) is 5.00. The molecule has 0 saturated carbocycles. The molecule has 4 heterocycles. The molecule has 2 unspecified atom stereocenters. The molecule has 8 heteroatoms. The summed E-state index contributed by atoms with van der Waals surface area (Å²) in [5.41, 5.74) is 4.69. The van der Waals surface area contributed by atoms with E-state index in [1.165, 1.54) is 11.3 Å². The summed E-state index contributed by atoms with van der Waals surface area (Å²) in [5, 5.41) is 5.92. The normalized spacial score (nSPS) is 22.3. The summed E-state index contributed by atoms with van der Waals surface area (Å²) in [7, 11) is 0. The van der Waals surface area contributed by atoms with Gasteiger partial charge in [0.25, 0.3) is 0 Å². The van der Waals surface area contributed by atoms with Crippen molar-refractivity contribution in [3.05, 3.63) is 54.1 Å². The van der Waals surface area contributed by atoms with E-state index in [1.54, 1.807) is 6.33 Å². The van der Waals surface area contributed by atoms with Gasteiger partial charge in [-0.2, -0.15) is 0 Å². The molecule has 0 radical (unpaired) electrons. The maximum Gasteiger partial charge on any atom is 0.225 e. The molecule has 8 nitrogen and oxygen atoms in total. The minimum Gasteiger partial charge on any atom is -0.387 e. The number of imidazole rings is 1. The van der Waals surface area contributed by atoms with Crippen LogP contribution in [-0.2, 0) is 9.59 Å². The SMILES string of the molecule is Cc1ccc2nc[nH]c2c1.O=CNCC1CCN(C(=O)C2CCCN(C3=CCNC=C3)CC2)C1.[HH].[HH]. The van der Waals surface area contributed by atoms with E-state index in [-0.39, 0.29) is 8.77 Å². The smallest absolute Gasteiger partial charge is 0.225 e. The highest BCUT2D eigenvalue weighted by Gasteiger charge is 2.31. The fraction of sp³-hybridized carbons (Fsp3) is 0.500. The van der Waals surface area contributed by atoms with Gasteiger partial charge in [0.05, 0.1) is 17.4 Å². The summed E-state index contributed by atoms with van der Waals surface area (Å²) in [5.74, 6) is 0.880. The first-order chi connectivity index (χ1) is 16.6. The van der Waals surface area contributed by atoms with Gasteiger partial charge in [-0.25, -0.2) is 4.98 Å². The number of likely N-dealkylation sites (tertiary alicyclic amines) is 2. The zero-order valence-electron chi connectivity index (χ0n) is 20.0. The molecule has 2 amide bonds. The lowest BCUT2D eigenvalue weighted by atomic mass is 9.99. The van der Waals surface area contributed by atoms with Gasteiger partial charge in [0.2, 0.25) is 12.3 Å². The number of nitrogens with one attached hydrogen (secondary N) is 3. The summed E-state index contributed by atoms with van der Waals surface area (Å²) in [6, 6.07) is 6.16. The minimum absolute atomic E-state index is 0. The van der Waals surface area contributed by atoms with Crippen LogP contribution in [0, 0.1) is 18.8 Å². The van der Waals surface area contributed by atoms with Crippen molar-refractivity contribution < 1.29 is 12.4 Å². The van der Waals surface area contributed by atoms with Crippen LogP contribution in [0.3, 0.4) is 0 Å². The number of allylic oxidation sites excluding steroid dienone is 1. The van der Waals surface area contributed by atoms with E-state index < -0.39 is 0 Å². The lowest BCUT2D eigenvalue weighted by molar-refractivity contribution is -0.134. The maximum absolute atomic E-state index is 12.8. The van der Waals surface area contributed by atoms with Crippen LogP contribution in [0.2, 0.25) is 0 Å². The molecular formula is C26H40N6O2. The van der Waals surface area contributed by atoms with Gasteiger partial charge >= 0.3 is 0 Å². The zero-order valence-corrected chi connectivity index (χ0v) is 20.0. The number of nitrogens with zero attached hydrogens (tertiary/aromatic N) is 3. The van der Waals surface area contributed by atoms with Gasteiger partial charge in [-0.05, 0) is 74.6 Å². The van der Waals surface area contributed by atoms with Crippen LogP contribution in [0.5, 0.6) is 0 Å². The number of aryl methyl sites for hydroxylation is 1. The van der Waals surface area contributed by atoms with Gasteiger partial charge in [0.1, 0.15) is 0 Å². The monoisotopic (exact) mass is 468 g/mol. The van der Waals surface area contributed by atoms with E-state index in [4.69, 9.17) is 0 Å². The van der Waals surface area contributed by atoms with Crippen LogP contribution < -0.4 is 10.6 Å². The molecule has 34 heavy (non-hydrogen) atoms. The molecule has 3 N–H and O–H groups in total. The van der Waals surface area contributed by atoms with Crippen molar-refractivity contribution in [1.82, 2.24) is 30.4 Å². The average molecular weight is 469 g/mol. The summed E-state index contributed by atoms with van der Waals surface area (Å²) in [6.45, 7) is 7.25. The second-order valence-electron chi connectivity index (χ2n) is 9.37. The number of carbonyl (C=O) groups is 2. The van der Waals surface area contributed by atoms with E-state index in [9.17, 15) is 9.59 Å². The molecule has 0 spiro atoms. The summed E-state index contributed by atoms with van der Waals surface area (Å²) in [4.78, 5) is 34.8. The predicted octanol–water partition coefficient (Wildman–Crippen LogP) is 3.05. The molecule has 5 rings (SSSR count). The Morgan fingerprint density at radius 2 is 2.18 bits per heavy atom. The minimum atomic E-state index is 0. The van der Waals surface area contributed by atoms with Crippen molar-refractivity contribution in [3.63, 3.8) is 0 Å². The van der Waals surface area contributed by atoms with Crippen LogP contribution in [0.4, 0.5) is 0 Å². The third-order valence-electron chi connectivity index (χ3n) is 6.91. The first-order valence-electron chi connectivity index (χ1n) is 12.3. The number of fused-ring (bicyclic) bond motifs is 1. The third kappa shape index (κ3) is 6.18. The Bertz CT molecular complexity index is 1040. The Labute approximate surface area is 204 Å². The Morgan fingerprint density at radius 3 is 3.00 bits per heavy atom. The number of hydrogen-bond donors (Lipinski definition) is 3. The van der Waals surface area contributed by atoms with E-state index >= 15 is 0 Å². The van der Waals surface area contributed by atoms with Crippen molar-refractivity contribution in [2.75, 3.05) is 39.3 Å². The van der Waals surface area contributed by atoms with Gasteiger partial charge in [-0.3, -0.25) is 9.59 Å². The number of carbonyl (C=O) groups excluding carboxylic acids is 2. The molecule has 0 bridgehead atoms. The Kier molecular flexibility index (Phi) is 8.22. The van der Waals surface area contributed by atoms with Gasteiger partial charge in [-0.1, -0.05) is 6.07 Å². The van der Waals surface area contributed by atoms with Gasteiger partial charge in [0.15, 0.2) is 0 Å². The molecule has 0 aliphatic carbocycles. The highest BCUT2D eigenvalue weighted by atomic mass is 16.2. The molecule has 2 fully saturated rings. The molecule has 1 aromatic heterocycles. The molecule has 1 aromatic carbocycles. The van der Waals surface area contributed by atoms with Crippen molar-refractivity contribution in [2.24, 2.45) is 11.8 Å². The molecular weight excluding hydrogens is 428 g/mol. The summed E-state index contributed by atoms with van der Waals surface area (Å²) >= 11 is 0. The Hall–Kier alpha value is -3.29. The largest absolute Gasteiger partial charge is 0.387 e. The molecule has 2 atom stereocenters. The summed E-state index contributed by atoms with van der Waals surface area (Å²) in [6.07, 6.45) is 12.8. The third-order valence-corrected chi connectivity index (χ3v) is 6.91. The van der Waals surface area contributed by atoms with Crippen LogP contribution in [0.15, 0.2) is 48.6 Å². The number of aromatic amines is 1. The first-order valence-corrected chi connectivity index (χ1v) is 12.3. The van der Waals surface area contributed by atoms with Crippen LogP contribution in [0.25, 0.3) is 11.0 Å². The van der Waals surface area contributed by atoms with E-state index in [1.807, 2.05) is 17.2 Å². The first kappa shape index (κ1) is 23.9. The highest BCUT2D eigenvalue weighted by Crippen LogP contribution is 2.25. The van der Waals surface area contributed by atoms with Gasteiger partial charge < -0.3 is 25.4 Å². The lowest BCUT2D eigenvalue weighted by Gasteiger charge is -2.26. The van der Waals surface area contributed by atoms with Gasteiger partial charge in [0, 0.05) is 53.7 Å². The Morgan fingerprint density at radius 1 is 1.26 bits per heavy atom. The van der Waals surface area contributed by atoms with E-state index in [2.05, 4.69) is 56.7 Å². The average Bonchev–Trinajstić information content (AvgIpc) is 3.46. The van der Waals surface area contributed by atoms with Crippen LogP contribution in [-0.4, -0.2) is 71.4 Å². The van der Waals surface area contributed by atoms with Crippen molar-refractivity contribution >= 4 is 23.4 Å². The number of H-pyrrole nitrogens is 1. The maximum atomic E-state index is 12.8. The molecule has 3 aliphatic rings. The number of hydrogen-bond acceptors (Lipinski definition) is 5. The number of aromatic nitrogens is 2. The molecule has 186 valence electrons. The Balaban J connectivity index is 0.000000319.